The molecule has 28 heavy (non-hydrogen) atoms. The van der Waals surface area contributed by atoms with E-state index in [1.54, 1.807) is 44.2 Å². The molecule has 4 nitrogen and oxygen atoms in total. The van der Waals surface area contributed by atoms with E-state index in [2.05, 4.69) is 11.8 Å². The van der Waals surface area contributed by atoms with Gasteiger partial charge in [-0.05, 0) is 43.7 Å². The second kappa shape index (κ2) is 9.80. The number of hydrogen-bond donors (Lipinski definition) is 2. The summed E-state index contributed by atoms with van der Waals surface area (Å²) < 4.78 is 0. The number of nitrogens with two attached hydrogens (primary N) is 1. The van der Waals surface area contributed by atoms with E-state index in [9.17, 15) is 9.59 Å². The third kappa shape index (κ3) is 6.31. The third-order valence-corrected chi connectivity index (χ3v) is 4.41. The number of carbonyl (C=O) groups is 2. The molecule has 2 aromatic rings. The van der Waals surface area contributed by atoms with Gasteiger partial charge in [-0.3, -0.25) is 9.59 Å². The molecule has 0 amide bonds. The van der Waals surface area contributed by atoms with Crippen LogP contribution in [-0.4, -0.2) is 28.8 Å². The Morgan fingerprint density at radius 1 is 1.11 bits per heavy atom. The molecule has 0 heterocycles. The highest BCUT2D eigenvalue weighted by Gasteiger charge is 2.33. The molecule has 4 heteroatoms. The molecule has 0 aliphatic rings. The summed E-state index contributed by atoms with van der Waals surface area (Å²) >= 11 is 0. The molecule has 144 valence electrons. The monoisotopic (exact) mass is 375 g/mol. The average Bonchev–Trinajstić information content (AvgIpc) is 2.69. The fraction of sp³-hybridized carbons (Fsp3) is 0.250. The molecule has 0 spiro atoms. The van der Waals surface area contributed by atoms with E-state index in [1.165, 1.54) is 0 Å². The molecule has 0 aliphatic heterocycles. The zero-order valence-electron chi connectivity index (χ0n) is 16.2. The van der Waals surface area contributed by atoms with Gasteiger partial charge < -0.3 is 10.8 Å². The lowest BCUT2D eigenvalue weighted by molar-refractivity contribution is -0.127. The number of aliphatic hydroxyl groups is 1. The first-order valence-corrected chi connectivity index (χ1v) is 9.10. The van der Waals surface area contributed by atoms with Gasteiger partial charge in [0.15, 0.2) is 11.6 Å². The van der Waals surface area contributed by atoms with E-state index >= 15 is 0 Å². The summed E-state index contributed by atoms with van der Waals surface area (Å²) in [4.78, 5) is 24.4. The molecule has 0 saturated heterocycles. The average molecular weight is 375 g/mol. The summed E-state index contributed by atoms with van der Waals surface area (Å²) in [5.74, 6) is 4.65. The van der Waals surface area contributed by atoms with Gasteiger partial charge in [0.1, 0.15) is 6.61 Å². The topological polar surface area (TPSA) is 80.4 Å². The molecular formula is C24H25NO3. The first-order valence-electron chi connectivity index (χ1n) is 9.10. The number of carbonyl (C=O) groups excluding carboxylic acids is 2. The van der Waals surface area contributed by atoms with Crippen molar-refractivity contribution in [3.63, 3.8) is 0 Å². The van der Waals surface area contributed by atoms with Crippen molar-refractivity contribution in [2.24, 2.45) is 11.7 Å². The van der Waals surface area contributed by atoms with Crippen molar-refractivity contribution in [1.82, 2.24) is 0 Å². The maximum atomic E-state index is 12.5. The molecule has 0 saturated carbocycles. The van der Waals surface area contributed by atoms with E-state index in [4.69, 9.17) is 10.8 Å². The maximum Gasteiger partial charge on any atom is 0.163 e. The normalized spacial score (nSPS) is 12.3. The zero-order valence-corrected chi connectivity index (χ0v) is 16.2. The standard InChI is InChI=1S/C24H25NO3/c1-24(2,25)21(23(28)17-26)16-22(27)20-14-12-19(13-15-20)11-7-6-10-18-8-4-3-5-9-18/h3-6,8-10,12-15,21,26H,16-17,25H2,1-2H3/b10-6+/t21-/m1/s1. The van der Waals surface area contributed by atoms with Gasteiger partial charge in [0.2, 0.25) is 0 Å². The van der Waals surface area contributed by atoms with E-state index in [1.807, 2.05) is 36.4 Å². The predicted octanol–water partition coefficient (Wildman–Crippen LogP) is 3.24. The van der Waals surface area contributed by atoms with Crippen molar-refractivity contribution < 1.29 is 14.7 Å². The van der Waals surface area contributed by atoms with E-state index in [-0.39, 0.29) is 12.2 Å². The Morgan fingerprint density at radius 2 is 1.75 bits per heavy atom. The van der Waals surface area contributed by atoms with Crippen LogP contribution >= 0.6 is 0 Å². The zero-order chi connectivity index (χ0) is 20.6. The van der Waals surface area contributed by atoms with E-state index in [0.29, 0.717) is 5.56 Å². The van der Waals surface area contributed by atoms with Crippen LogP contribution in [0.1, 0.15) is 41.8 Å². The molecular weight excluding hydrogens is 350 g/mol. The molecule has 2 aromatic carbocycles. The highest BCUT2D eigenvalue weighted by atomic mass is 16.3. The lowest BCUT2D eigenvalue weighted by Gasteiger charge is -2.28. The summed E-state index contributed by atoms with van der Waals surface area (Å²) in [7, 11) is 0. The number of rotatable bonds is 7. The minimum atomic E-state index is -0.883. The van der Waals surface area contributed by atoms with Crippen molar-refractivity contribution in [2.45, 2.75) is 25.8 Å². The van der Waals surface area contributed by atoms with Crippen LogP contribution in [0.15, 0.2) is 60.7 Å². The van der Waals surface area contributed by atoms with Crippen LogP contribution in [-0.2, 0) is 4.79 Å². The van der Waals surface area contributed by atoms with E-state index in [0.717, 1.165) is 11.1 Å². The molecule has 0 unspecified atom stereocenters. The van der Waals surface area contributed by atoms with Crippen molar-refractivity contribution in [1.29, 1.82) is 0 Å². The van der Waals surface area contributed by atoms with Gasteiger partial charge in [-0.2, -0.15) is 0 Å². The second-order valence-electron chi connectivity index (χ2n) is 7.22. The number of allylic oxidation sites excluding steroid dienone is 1. The Labute approximate surface area is 166 Å². The van der Waals surface area contributed by atoms with Crippen LogP contribution in [0.25, 0.3) is 6.08 Å². The van der Waals surface area contributed by atoms with Crippen LogP contribution in [0, 0.1) is 17.8 Å². The summed E-state index contributed by atoms with van der Waals surface area (Å²) in [5.41, 5.74) is 7.48. The predicted molar refractivity (Wildman–Crippen MR) is 112 cm³/mol. The summed E-state index contributed by atoms with van der Waals surface area (Å²) in [6.07, 6.45) is 3.67. The third-order valence-electron chi connectivity index (χ3n) is 4.41. The Balaban J connectivity index is 2.04. The van der Waals surface area contributed by atoms with Gasteiger partial charge in [-0.1, -0.05) is 54.3 Å². The van der Waals surface area contributed by atoms with E-state index < -0.39 is 23.8 Å². The summed E-state index contributed by atoms with van der Waals surface area (Å²) in [6.45, 7) is 2.74. The van der Waals surface area contributed by atoms with Crippen LogP contribution in [0.2, 0.25) is 0 Å². The molecule has 0 bridgehead atoms. The summed E-state index contributed by atoms with van der Waals surface area (Å²) in [5, 5.41) is 9.13. The SMILES string of the molecule is CC(C)(N)[C@H](CC(=O)c1ccc(C#C/C=C/c2ccccc2)cc1)C(=O)CO. The fourth-order valence-corrected chi connectivity index (χ4v) is 2.77. The number of aliphatic hydroxyl groups excluding tert-OH is 1. The van der Waals surface area contributed by atoms with Crippen LogP contribution in [0.4, 0.5) is 0 Å². The lowest BCUT2D eigenvalue weighted by Crippen LogP contribution is -2.46. The lowest BCUT2D eigenvalue weighted by atomic mass is 9.80. The number of benzene rings is 2. The van der Waals surface area contributed by atoms with Gasteiger partial charge >= 0.3 is 0 Å². The number of Topliss-reactive ketones (excluding diaryl/α,β-unsaturated/α-hetero) is 2. The van der Waals surface area contributed by atoms with Crippen molar-refractivity contribution in [3.05, 3.63) is 77.4 Å². The van der Waals surface area contributed by atoms with Crippen molar-refractivity contribution in [3.8, 4) is 11.8 Å². The van der Waals surface area contributed by atoms with Crippen LogP contribution in [0.3, 0.4) is 0 Å². The molecule has 3 N–H and O–H groups in total. The highest BCUT2D eigenvalue weighted by Crippen LogP contribution is 2.21. The summed E-state index contributed by atoms with van der Waals surface area (Å²) in [6, 6.07) is 16.8. The maximum absolute atomic E-state index is 12.5. The highest BCUT2D eigenvalue weighted by molar-refractivity contribution is 5.99. The van der Waals surface area contributed by atoms with Gasteiger partial charge in [0.25, 0.3) is 0 Å². The van der Waals surface area contributed by atoms with Crippen LogP contribution in [0.5, 0.6) is 0 Å². The smallest absolute Gasteiger partial charge is 0.163 e. The molecule has 0 aromatic heterocycles. The Morgan fingerprint density at radius 3 is 2.32 bits per heavy atom. The largest absolute Gasteiger partial charge is 0.389 e. The molecule has 0 fully saturated rings. The van der Waals surface area contributed by atoms with Gasteiger partial charge in [-0.25, -0.2) is 0 Å². The Hall–Kier alpha value is -3.00. The molecule has 1 atom stereocenters. The minimum absolute atomic E-state index is 0.0340. The first kappa shape index (κ1) is 21.3. The van der Waals surface area contributed by atoms with Crippen molar-refractivity contribution in [2.75, 3.05) is 6.61 Å². The Bertz CT molecular complexity index is 895. The Kier molecular flexibility index (Phi) is 7.45. The number of hydrogen-bond acceptors (Lipinski definition) is 4. The quantitative estimate of drug-likeness (QED) is 0.575. The number of ketones is 2. The molecule has 0 aliphatic carbocycles. The first-order chi connectivity index (χ1) is 13.3. The minimum Gasteiger partial charge on any atom is -0.389 e. The van der Waals surface area contributed by atoms with Gasteiger partial charge in [0, 0.05) is 29.0 Å². The van der Waals surface area contributed by atoms with Crippen LogP contribution < -0.4 is 5.73 Å². The fourth-order valence-electron chi connectivity index (χ4n) is 2.77. The van der Waals surface area contributed by atoms with Gasteiger partial charge in [0.05, 0.1) is 0 Å². The van der Waals surface area contributed by atoms with Gasteiger partial charge in [-0.15, -0.1) is 0 Å². The molecule has 2 rings (SSSR count). The second-order valence-corrected chi connectivity index (χ2v) is 7.22. The van der Waals surface area contributed by atoms with Crippen molar-refractivity contribution >= 4 is 17.6 Å². The molecule has 0 radical (unpaired) electrons.